The van der Waals surface area contributed by atoms with Gasteiger partial charge in [-0.1, -0.05) is 23.7 Å². The van der Waals surface area contributed by atoms with Gasteiger partial charge in [0.15, 0.2) is 0 Å². The molecule has 0 N–H and O–H groups in total. The molecule has 0 radical (unpaired) electrons. The summed E-state index contributed by atoms with van der Waals surface area (Å²) in [5.74, 6) is -0.193. The van der Waals surface area contributed by atoms with Crippen LogP contribution in [0.4, 0.5) is 4.39 Å². The Morgan fingerprint density at radius 3 is 2.42 bits per heavy atom. The molecule has 2 aromatic rings. The number of nitrogens with zero attached hydrogens (tertiary/aromatic N) is 1. The second kappa shape index (κ2) is 5.54. The van der Waals surface area contributed by atoms with E-state index >= 15 is 0 Å². The van der Waals surface area contributed by atoms with E-state index in [0.717, 1.165) is 22.4 Å². The van der Waals surface area contributed by atoms with Crippen molar-refractivity contribution in [3.63, 3.8) is 0 Å². The molecule has 3 heteroatoms. The molecule has 98 valence electrons. The Bertz CT molecular complexity index is 647. The van der Waals surface area contributed by atoms with Crippen LogP contribution in [0.25, 0.3) is 16.2 Å². The van der Waals surface area contributed by atoms with Crippen LogP contribution in [0.3, 0.4) is 0 Å². The number of aromatic nitrogens is 1. The fourth-order valence-corrected chi connectivity index (χ4v) is 2.14. The third kappa shape index (κ3) is 2.85. The molecule has 0 saturated heterocycles. The van der Waals surface area contributed by atoms with Crippen LogP contribution in [0, 0.1) is 19.7 Å². The monoisotopic (exact) mass is 275 g/mol. The lowest BCUT2D eigenvalue weighted by Gasteiger charge is -2.08. The number of rotatable bonds is 2. The number of pyridine rings is 1. The van der Waals surface area contributed by atoms with Crippen molar-refractivity contribution in [3.8, 4) is 11.1 Å². The van der Waals surface area contributed by atoms with Gasteiger partial charge in [0.1, 0.15) is 5.82 Å². The minimum atomic E-state index is -0.193. The number of halogens is 2. The first-order valence-electron chi connectivity index (χ1n) is 6.08. The van der Waals surface area contributed by atoms with Crippen LogP contribution >= 0.6 is 11.6 Å². The SMILES string of the molecule is C/C=C(/Cl)c1ncc(-c2ccc(F)c(C)c2)cc1C. The van der Waals surface area contributed by atoms with Crippen molar-refractivity contribution in [3.05, 3.63) is 59.2 Å². The van der Waals surface area contributed by atoms with Crippen LogP contribution in [0.1, 0.15) is 23.7 Å². The largest absolute Gasteiger partial charge is 0.254 e. The molecule has 0 atom stereocenters. The van der Waals surface area contributed by atoms with Gasteiger partial charge in [0, 0.05) is 11.8 Å². The van der Waals surface area contributed by atoms with Gasteiger partial charge in [-0.15, -0.1) is 0 Å². The maximum Gasteiger partial charge on any atom is 0.126 e. The van der Waals surface area contributed by atoms with E-state index in [0.29, 0.717) is 10.6 Å². The van der Waals surface area contributed by atoms with Gasteiger partial charge in [-0.3, -0.25) is 4.98 Å². The van der Waals surface area contributed by atoms with Crippen molar-refractivity contribution >= 4 is 16.6 Å². The zero-order valence-electron chi connectivity index (χ0n) is 11.2. The molecule has 1 nitrogen and oxygen atoms in total. The molecule has 0 bridgehead atoms. The first kappa shape index (κ1) is 13.8. The molecule has 0 unspecified atom stereocenters. The van der Waals surface area contributed by atoms with Gasteiger partial charge >= 0.3 is 0 Å². The van der Waals surface area contributed by atoms with Gasteiger partial charge in [-0.05, 0) is 55.7 Å². The zero-order chi connectivity index (χ0) is 14.0. The number of benzene rings is 1. The molecule has 1 aromatic heterocycles. The highest BCUT2D eigenvalue weighted by atomic mass is 35.5. The lowest BCUT2D eigenvalue weighted by atomic mass is 10.0. The Morgan fingerprint density at radius 2 is 1.84 bits per heavy atom. The van der Waals surface area contributed by atoms with E-state index in [-0.39, 0.29) is 5.82 Å². The van der Waals surface area contributed by atoms with Crippen LogP contribution in [0.2, 0.25) is 0 Å². The average molecular weight is 276 g/mol. The molecule has 0 amide bonds. The fraction of sp³-hybridized carbons (Fsp3) is 0.188. The average Bonchev–Trinajstić information content (AvgIpc) is 2.41. The van der Waals surface area contributed by atoms with Crippen LogP contribution in [0.5, 0.6) is 0 Å². The first-order chi connectivity index (χ1) is 9.02. The van der Waals surface area contributed by atoms with Crippen LogP contribution in [0.15, 0.2) is 36.5 Å². The smallest absolute Gasteiger partial charge is 0.126 e. The van der Waals surface area contributed by atoms with Gasteiger partial charge in [-0.2, -0.15) is 0 Å². The van der Waals surface area contributed by atoms with Crippen molar-refractivity contribution in [1.29, 1.82) is 0 Å². The summed E-state index contributed by atoms with van der Waals surface area (Å²) in [5.41, 5.74) is 4.34. The maximum absolute atomic E-state index is 13.3. The Balaban J connectivity index is 2.47. The summed E-state index contributed by atoms with van der Waals surface area (Å²) >= 11 is 6.09. The number of aryl methyl sites for hydroxylation is 2. The van der Waals surface area contributed by atoms with Crippen molar-refractivity contribution in [2.24, 2.45) is 0 Å². The summed E-state index contributed by atoms with van der Waals surface area (Å²) in [6.45, 7) is 5.60. The molecule has 0 fully saturated rings. The highest BCUT2D eigenvalue weighted by Crippen LogP contribution is 2.26. The maximum atomic E-state index is 13.3. The summed E-state index contributed by atoms with van der Waals surface area (Å²) in [6.07, 6.45) is 3.58. The number of allylic oxidation sites excluding steroid dienone is 1. The molecule has 19 heavy (non-hydrogen) atoms. The standard InChI is InChI=1S/C16H15ClFN/c1-4-14(17)16-11(3)8-13(9-19-16)12-5-6-15(18)10(2)7-12/h4-9H,1-3H3/b14-4+. The number of hydrogen-bond donors (Lipinski definition) is 0. The third-order valence-electron chi connectivity index (χ3n) is 3.05. The minimum absolute atomic E-state index is 0.193. The second-order valence-corrected chi connectivity index (χ2v) is 4.90. The van der Waals surface area contributed by atoms with E-state index < -0.39 is 0 Å². The molecule has 1 heterocycles. The van der Waals surface area contributed by atoms with E-state index in [1.807, 2.05) is 32.1 Å². The van der Waals surface area contributed by atoms with Gasteiger partial charge in [0.25, 0.3) is 0 Å². The Labute approximate surface area is 117 Å². The predicted octanol–water partition coefficient (Wildman–Crippen LogP) is 5.10. The van der Waals surface area contributed by atoms with Gasteiger partial charge < -0.3 is 0 Å². The summed E-state index contributed by atoms with van der Waals surface area (Å²) in [7, 11) is 0. The van der Waals surface area contributed by atoms with Crippen molar-refractivity contribution < 1.29 is 4.39 Å². The molecule has 0 aliphatic rings. The Hall–Kier alpha value is -1.67. The van der Waals surface area contributed by atoms with Crippen molar-refractivity contribution in [2.75, 3.05) is 0 Å². The summed E-state index contributed by atoms with van der Waals surface area (Å²) in [4.78, 5) is 4.38. The molecule has 0 saturated carbocycles. The van der Waals surface area contributed by atoms with Gasteiger partial charge in [0.2, 0.25) is 0 Å². The highest BCUT2D eigenvalue weighted by Gasteiger charge is 2.07. The van der Waals surface area contributed by atoms with E-state index in [1.54, 1.807) is 19.2 Å². The molecule has 0 aliphatic carbocycles. The van der Waals surface area contributed by atoms with Crippen LogP contribution in [-0.2, 0) is 0 Å². The van der Waals surface area contributed by atoms with E-state index in [4.69, 9.17) is 11.6 Å². The van der Waals surface area contributed by atoms with E-state index in [9.17, 15) is 4.39 Å². The lowest BCUT2D eigenvalue weighted by molar-refractivity contribution is 0.619. The number of hydrogen-bond acceptors (Lipinski definition) is 1. The molecule has 2 rings (SSSR count). The Kier molecular flexibility index (Phi) is 4.01. The zero-order valence-corrected chi connectivity index (χ0v) is 11.9. The normalized spacial score (nSPS) is 11.7. The van der Waals surface area contributed by atoms with Gasteiger partial charge in [0.05, 0.1) is 10.7 Å². The van der Waals surface area contributed by atoms with Crippen molar-refractivity contribution in [2.45, 2.75) is 20.8 Å². The summed E-state index contributed by atoms with van der Waals surface area (Å²) < 4.78 is 13.3. The summed E-state index contributed by atoms with van der Waals surface area (Å²) in [5, 5.41) is 0.638. The first-order valence-corrected chi connectivity index (χ1v) is 6.46. The fourth-order valence-electron chi connectivity index (χ4n) is 1.94. The summed E-state index contributed by atoms with van der Waals surface area (Å²) in [6, 6.07) is 7.08. The highest BCUT2D eigenvalue weighted by molar-refractivity contribution is 6.48. The van der Waals surface area contributed by atoms with Crippen molar-refractivity contribution in [1.82, 2.24) is 4.98 Å². The minimum Gasteiger partial charge on any atom is -0.254 e. The second-order valence-electron chi connectivity index (χ2n) is 4.49. The molecular formula is C16H15ClFN. The Morgan fingerprint density at radius 1 is 1.16 bits per heavy atom. The molecule has 0 aliphatic heterocycles. The van der Waals surface area contributed by atoms with Crippen LogP contribution < -0.4 is 0 Å². The lowest BCUT2D eigenvalue weighted by Crippen LogP contribution is -1.92. The molecule has 0 spiro atoms. The quantitative estimate of drug-likeness (QED) is 0.743. The van der Waals surface area contributed by atoms with Gasteiger partial charge in [-0.25, -0.2) is 4.39 Å². The predicted molar refractivity (Wildman–Crippen MR) is 78.6 cm³/mol. The van der Waals surface area contributed by atoms with E-state index in [2.05, 4.69) is 4.98 Å². The molecular weight excluding hydrogens is 261 g/mol. The van der Waals surface area contributed by atoms with E-state index in [1.165, 1.54) is 6.07 Å². The topological polar surface area (TPSA) is 12.9 Å². The van der Waals surface area contributed by atoms with Crippen LogP contribution in [-0.4, -0.2) is 4.98 Å². The molecule has 1 aromatic carbocycles. The third-order valence-corrected chi connectivity index (χ3v) is 3.45.